The monoisotopic (exact) mass is 420 g/mol. The van der Waals surface area contributed by atoms with Gasteiger partial charge in [-0.1, -0.05) is 41.5 Å². The molecule has 4 rings (SSSR count). The number of ether oxygens (including phenoxy) is 2. The highest BCUT2D eigenvalue weighted by Gasteiger charge is 2.18. The van der Waals surface area contributed by atoms with Gasteiger partial charge in [0, 0.05) is 10.9 Å². The number of aromatic nitrogens is 2. The Kier molecular flexibility index (Phi) is 5.59. The summed E-state index contributed by atoms with van der Waals surface area (Å²) in [5, 5.41) is 5.65. The fourth-order valence-electron chi connectivity index (χ4n) is 3.42. The molecule has 5 nitrogen and oxygen atoms in total. The molecule has 0 aliphatic carbocycles. The van der Waals surface area contributed by atoms with Crippen molar-refractivity contribution in [1.82, 2.24) is 9.78 Å². The van der Waals surface area contributed by atoms with Crippen LogP contribution in [0.25, 0.3) is 10.2 Å². The van der Waals surface area contributed by atoms with E-state index in [4.69, 9.17) is 9.47 Å². The Balaban J connectivity index is 1.54. The van der Waals surface area contributed by atoms with Gasteiger partial charge in [-0.3, -0.25) is 4.68 Å². The molecule has 0 unspecified atom stereocenters. The molecular formula is C24H24N2O3S. The fourth-order valence-corrected chi connectivity index (χ4v) is 4.48. The van der Waals surface area contributed by atoms with Gasteiger partial charge in [-0.15, -0.1) is 11.3 Å². The summed E-state index contributed by atoms with van der Waals surface area (Å²) in [7, 11) is 1.62. The van der Waals surface area contributed by atoms with Gasteiger partial charge in [0.25, 0.3) is 0 Å². The van der Waals surface area contributed by atoms with E-state index in [0.29, 0.717) is 17.2 Å². The number of methoxy groups -OCH3 is 1. The Bertz CT molecular complexity index is 1210. The number of thiophene rings is 1. The van der Waals surface area contributed by atoms with Crippen LogP contribution in [0.3, 0.4) is 0 Å². The Hall–Kier alpha value is -3.12. The van der Waals surface area contributed by atoms with E-state index in [1.54, 1.807) is 7.11 Å². The number of nitrogens with zero attached hydrogens (tertiary/aromatic N) is 2. The molecule has 0 atom stereocenters. The predicted molar refractivity (Wildman–Crippen MR) is 119 cm³/mol. The van der Waals surface area contributed by atoms with Crippen LogP contribution in [0.2, 0.25) is 0 Å². The van der Waals surface area contributed by atoms with E-state index < -0.39 is 0 Å². The lowest BCUT2D eigenvalue weighted by Crippen LogP contribution is -2.05. The molecule has 0 bridgehead atoms. The van der Waals surface area contributed by atoms with Crippen molar-refractivity contribution < 1.29 is 14.3 Å². The SMILES string of the molecule is COc1ccc(C)cc1COC(=O)c1cc2c(C)nn(Cc3ccc(C)cc3)c2s1. The molecule has 2 heterocycles. The quantitative estimate of drug-likeness (QED) is 0.390. The molecule has 2 aromatic carbocycles. The molecule has 0 aliphatic heterocycles. The third-order valence-corrected chi connectivity index (χ3v) is 6.18. The first-order valence-corrected chi connectivity index (χ1v) is 10.6. The molecule has 4 aromatic rings. The number of benzene rings is 2. The van der Waals surface area contributed by atoms with Gasteiger partial charge in [0.2, 0.25) is 0 Å². The largest absolute Gasteiger partial charge is 0.496 e. The lowest BCUT2D eigenvalue weighted by atomic mass is 10.1. The van der Waals surface area contributed by atoms with Crippen molar-refractivity contribution in [1.29, 1.82) is 0 Å². The molecule has 0 spiro atoms. The van der Waals surface area contributed by atoms with E-state index in [9.17, 15) is 4.79 Å². The zero-order valence-corrected chi connectivity index (χ0v) is 18.4. The third kappa shape index (κ3) is 4.09. The summed E-state index contributed by atoms with van der Waals surface area (Å²) in [4.78, 5) is 14.3. The summed E-state index contributed by atoms with van der Waals surface area (Å²) in [6.45, 7) is 6.88. The maximum Gasteiger partial charge on any atom is 0.348 e. The molecule has 0 amide bonds. The van der Waals surface area contributed by atoms with Crippen molar-refractivity contribution >= 4 is 27.5 Å². The summed E-state index contributed by atoms with van der Waals surface area (Å²) in [6, 6.07) is 16.1. The maximum absolute atomic E-state index is 12.7. The molecular weight excluding hydrogens is 396 g/mol. The number of fused-ring (bicyclic) bond motifs is 1. The van der Waals surface area contributed by atoms with Crippen molar-refractivity contribution in [3.8, 4) is 5.75 Å². The first kappa shape index (κ1) is 20.2. The van der Waals surface area contributed by atoms with E-state index in [-0.39, 0.29) is 12.6 Å². The number of hydrogen-bond donors (Lipinski definition) is 0. The smallest absolute Gasteiger partial charge is 0.348 e. The van der Waals surface area contributed by atoms with Gasteiger partial charge >= 0.3 is 5.97 Å². The molecule has 0 fully saturated rings. The molecule has 154 valence electrons. The highest BCUT2D eigenvalue weighted by molar-refractivity contribution is 7.20. The first-order valence-electron chi connectivity index (χ1n) is 9.77. The molecule has 6 heteroatoms. The highest BCUT2D eigenvalue weighted by atomic mass is 32.1. The number of carbonyl (C=O) groups is 1. The van der Waals surface area contributed by atoms with Crippen LogP contribution in [-0.2, 0) is 17.9 Å². The van der Waals surface area contributed by atoms with Gasteiger partial charge in [0.05, 0.1) is 19.3 Å². The zero-order valence-electron chi connectivity index (χ0n) is 17.6. The third-order valence-electron chi connectivity index (χ3n) is 5.06. The average molecular weight is 421 g/mol. The molecule has 0 saturated heterocycles. The van der Waals surface area contributed by atoms with Crippen molar-refractivity contribution in [3.63, 3.8) is 0 Å². The standard InChI is InChI=1S/C24H24N2O3S/c1-15-5-8-18(9-6-15)13-26-23-20(17(3)25-26)12-22(30-23)24(27)29-14-19-11-16(2)7-10-21(19)28-4/h5-12H,13-14H2,1-4H3. The van der Waals surface area contributed by atoms with Crippen LogP contribution in [0.15, 0.2) is 48.5 Å². The topological polar surface area (TPSA) is 53.4 Å². The Morgan fingerprint density at radius 2 is 1.77 bits per heavy atom. The van der Waals surface area contributed by atoms with Crippen molar-refractivity contribution in [2.24, 2.45) is 0 Å². The highest BCUT2D eigenvalue weighted by Crippen LogP contribution is 2.30. The fraction of sp³-hybridized carbons (Fsp3) is 0.250. The number of esters is 1. The van der Waals surface area contributed by atoms with Crippen LogP contribution >= 0.6 is 11.3 Å². The lowest BCUT2D eigenvalue weighted by molar-refractivity contribution is 0.0476. The van der Waals surface area contributed by atoms with Crippen LogP contribution in [0.5, 0.6) is 5.75 Å². The Labute approximate surface area is 179 Å². The summed E-state index contributed by atoms with van der Waals surface area (Å²) in [5.74, 6) is 0.385. The van der Waals surface area contributed by atoms with Crippen LogP contribution in [0.1, 0.15) is 37.6 Å². The predicted octanol–water partition coefficient (Wildman–Crippen LogP) is 5.44. The second-order valence-corrected chi connectivity index (χ2v) is 8.48. The second kappa shape index (κ2) is 8.32. The summed E-state index contributed by atoms with van der Waals surface area (Å²) in [5.41, 5.74) is 5.26. The number of carbonyl (C=O) groups excluding carboxylic acids is 1. The van der Waals surface area contributed by atoms with Crippen molar-refractivity contribution in [2.45, 2.75) is 33.9 Å². The second-order valence-electron chi connectivity index (χ2n) is 7.45. The molecule has 30 heavy (non-hydrogen) atoms. The Morgan fingerprint density at radius 3 is 2.50 bits per heavy atom. The van der Waals surface area contributed by atoms with Crippen LogP contribution < -0.4 is 4.74 Å². The minimum absolute atomic E-state index is 0.173. The molecule has 0 saturated carbocycles. The van der Waals surface area contributed by atoms with E-state index >= 15 is 0 Å². The van der Waals surface area contributed by atoms with E-state index in [0.717, 1.165) is 27.0 Å². The van der Waals surface area contributed by atoms with Crippen LogP contribution in [0.4, 0.5) is 0 Å². The van der Waals surface area contributed by atoms with Crippen molar-refractivity contribution in [3.05, 3.63) is 81.4 Å². The van der Waals surface area contributed by atoms with Crippen LogP contribution in [-0.4, -0.2) is 22.9 Å². The first-order chi connectivity index (χ1) is 14.4. The minimum atomic E-state index is -0.332. The molecule has 0 radical (unpaired) electrons. The maximum atomic E-state index is 12.7. The lowest BCUT2D eigenvalue weighted by Gasteiger charge is -2.09. The van der Waals surface area contributed by atoms with Crippen molar-refractivity contribution in [2.75, 3.05) is 7.11 Å². The zero-order chi connectivity index (χ0) is 21.3. The van der Waals surface area contributed by atoms with E-state index in [1.165, 1.54) is 22.5 Å². The van der Waals surface area contributed by atoms with Crippen LogP contribution in [0, 0.1) is 20.8 Å². The van der Waals surface area contributed by atoms with Gasteiger partial charge in [0.15, 0.2) is 0 Å². The summed E-state index contributed by atoms with van der Waals surface area (Å²) < 4.78 is 12.9. The normalized spacial score (nSPS) is 11.1. The average Bonchev–Trinajstić information content (AvgIpc) is 3.29. The number of rotatable bonds is 6. The van der Waals surface area contributed by atoms with Gasteiger partial charge < -0.3 is 9.47 Å². The summed E-state index contributed by atoms with van der Waals surface area (Å²) in [6.07, 6.45) is 0. The minimum Gasteiger partial charge on any atom is -0.496 e. The molecule has 2 aromatic heterocycles. The van der Waals surface area contributed by atoms with E-state index in [2.05, 4.69) is 36.3 Å². The molecule has 0 aliphatic rings. The number of hydrogen-bond acceptors (Lipinski definition) is 5. The number of aryl methyl sites for hydroxylation is 3. The van der Waals surface area contributed by atoms with Gasteiger partial charge in [-0.25, -0.2) is 4.79 Å². The van der Waals surface area contributed by atoms with Gasteiger partial charge in [-0.05, 0) is 44.5 Å². The van der Waals surface area contributed by atoms with E-state index in [1.807, 2.05) is 42.8 Å². The summed E-state index contributed by atoms with van der Waals surface area (Å²) >= 11 is 1.42. The Morgan fingerprint density at radius 1 is 1.03 bits per heavy atom. The van der Waals surface area contributed by atoms with Gasteiger partial charge in [0.1, 0.15) is 22.1 Å². The van der Waals surface area contributed by atoms with Gasteiger partial charge in [-0.2, -0.15) is 5.10 Å². The molecule has 0 N–H and O–H groups in total.